The molecule has 1 N–H and O–H groups in total. The summed E-state index contributed by atoms with van der Waals surface area (Å²) in [7, 11) is 1.44. The van der Waals surface area contributed by atoms with Crippen LogP contribution >= 0.6 is 35.0 Å². The number of para-hydroxylation sites is 1. The van der Waals surface area contributed by atoms with Crippen LogP contribution in [0.4, 0.5) is 5.69 Å². The van der Waals surface area contributed by atoms with Crippen LogP contribution in [-0.2, 0) is 16.0 Å². The third-order valence-corrected chi connectivity index (χ3v) is 6.30. The number of likely N-dealkylation sites (N-methyl/N-ethyl adjacent to an activating group) is 1. The fourth-order valence-corrected chi connectivity index (χ4v) is 4.52. The zero-order chi connectivity index (χ0) is 20.3. The summed E-state index contributed by atoms with van der Waals surface area (Å²) in [6, 6.07) is 16.1. The van der Waals surface area contributed by atoms with Gasteiger partial charge in [-0.15, -0.1) is 0 Å². The van der Waals surface area contributed by atoms with Gasteiger partial charge in [0, 0.05) is 12.7 Å². The van der Waals surface area contributed by atoms with Crippen molar-refractivity contribution in [3.8, 4) is 6.07 Å². The van der Waals surface area contributed by atoms with Gasteiger partial charge < -0.3 is 5.32 Å². The van der Waals surface area contributed by atoms with Gasteiger partial charge in [0.25, 0.3) is 5.91 Å². The Hall–Kier alpha value is -2.46. The van der Waals surface area contributed by atoms with Crippen molar-refractivity contribution in [3.63, 3.8) is 0 Å². The Morgan fingerprint density at radius 3 is 2.57 bits per heavy atom. The Morgan fingerprint density at radius 1 is 1.21 bits per heavy atom. The molecule has 0 aromatic heterocycles. The Labute approximate surface area is 176 Å². The maximum absolute atomic E-state index is 13.2. The number of nitriles is 1. The van der Waals surface area contributed by atoms with Gasteiger partial charge in [-0.25, -0.2) is 0 Å². The van der Waals surface area contributed by atoms with Gasteiger partial charge in [0.05, 0.1) is 15.3 Å². The van der Waals surface area contributed by atoms with E-state index < -0.39 is 11.2 Å². The van der Waals surface area contributed by atoms with Crippen LogP contribution in [0.5, 0.6) is 0 Å². The lowest BCUT2D eigenvalue weighted by Gasteiger charge is -2.18. The highest BCUT2D eigenvalue weighted by atomic mass is 35.5. The molecule has 1 unspecified atom stereocenters. The van der Waals surface area contributed by atoms with Crippen LogP contribution in [0.3, 0.4) is 0 Å². The molecule has 1 fully saturated rings. The summed E-state index contributed by atoms with van der Waals surface area (Å²) < 4.78 is 0. The van der Waals surface area contributed by atoms with E-state index in [0.717, 1.165) is 5.56 Å². The number of hydrogen-bond donors (Lipinski definition) is 1. The largest absolute Gasteiger partial charge is 0.354 e. The van der Waals surface area contributed by atoms with E-state index in [4.69, 9.17) is 23.2 Å². The summed E-state index contributed by atoms with van der Waals surface area (Å²) in [5, 5.41) is 12.6. The fourth-order valence-electron chi connectivity index (χ4n) is 2.83. The van der Waals surface area contributed by atoms with E-state index in [-0.39, 0.29) is 11.5 Å². The lowest BCUT2D eigenvalue weighted by Crippen LogP contribution is -2.31. The quantitative estimate of drug-likeness (QED) is 0.582. The molecule has 1 aliphatic rings. The number of halogens is 2. The predicted octanol–water partition coefficient (Wildman–Crippen LogP) is 4.17. The Balaban J connectivity index is 2.05. The lowest BCUT2D eigenvalue weighted by molar-refractivity contribution is -0.117. The summed E-state index contributed by atoms with van der Waals surface area (Å²) in [5.41, 5.74) is 1.21. The average Bonchev–Trinajstić information content (AvgIpc) is 3.02. The van der Waals surface area contributed by atoms with Gasteiger partial charge in [0.1, 0.15) is 16.7 Å². The number of carbonyl (C=O) groups is 2. The number of nitrogens with one attached hydrogen (secondary N) is 1. The summed E-state index contributed by atoms with van der Waals surface area (Å²) in [6.07, 6.45) is 0.322. The minimum Gasteiger partial charge on any atom is -0.354 e. The second-order valence-electron chi connectivity index (χ2n) is 5.90. The molecule has 0 aliphatic carbocycles. The van der Waals surface area contributed by atoms with Crippen LogP contribution in [0.15, 0.2) is 59.1 Å². The second-order valence-corrected chi connectivity index (χ2v) is 7.88. The molecular weight excluding hydrogens is 417 g/mol. The summed E-state index contributed by atoms with van der Waals surface area (Å²) in [4.78, 5) is 26.8. The van der Waals surface area contributed by atoms with Crippen molar-refractivity contribution >= 4 is 52.5 Å². The first-order valence-electron chi connectivity index (χ1n) is 8.33. The van der Waals surface area contributed by atoms with Crippen molar-refractivity contribution in [2.75, 3.05) is 11.9 Å². The molecule has 2 aromatic carbocycles. The van der Waals surface area contributed by atoms with E-state index in [9.17, 15) is 14.9 Å². The first kappa shape index (κ1) is 20.3. The molecule has 28 heavy (non-hydrogen) atoms. The predicted molar refractivity (Wildman–Crippen MR) is 112 cm³/mol. The van der Waals surface area contributed by atoms with E-state index in [1.165, 1.54) is 23.7 Å². The highest BCUT2D eigenvalue weighted by Gasteiger charge is 2.40. The van der Waals surface area contributed by atoms with Gasteiger partial charge >= 0.3 is 0 Å². The van der Waals surface area contributed by atoms with E-state index in [0.29, 0.717) is 27.2 Å². The zero-order valence-corrected chi connectivity index (χ0v) is 17.1. The number of hydrogen-bond acceptors (Lipinski definition) is 4. The normalized spacial score (nSPS) is 18.0. The molecule has 0 radical (unpaired) electrons. The van der Waals surface area contributed by atoms with Crippen LogP contribution < -0.4 is 10.2 Å². The topological polar surface area (TPSA) is 73.2 Å². The van der Waals surface area contributed by atoms with Gasteiger partial charge in [0.15, 0.2) is 0 Å². The van der Waals surface area contributed by atoms with Crippen molar-refractivity contribution in [2.45, 2.75) is 11.7 Å². The molecule has 3 rings (SSSR count). The summed E-state index contributed by atoms with van der Waals surface area (Å²) >= 11 is 13.5. The Morgan fingerprint density at radius 2 is 1.93 bits per heavy atom. The molecule has 0 bridgehead atoms. The summed E-state index contributed by atoms with van der Waals surface area (Å²) in [5.74, 6) is -0.765. The lowest BCUT2D eigenvalue weighted by atomic mass is 10.1. The fraction of sp³-hybridized carbons (Fsp3) is 0.150. The molecule has 1 atom stereocenters. The first-order valence-corrected chi connectivity index (χ1v) is 9.96. The standard InChI is InChI=1S/C20H15Cl2N3O2S/c1-24-18(26)14(11-23)20-25(13-7-3-2-4-8-13)19(27)16(28-20)10-12-6-5-9-15(21)17(12)22/h2-9,16H,10H2,1H3,(H,24,26). The van der Waals surface area contributed by atoms with Gasteiger partial charge in [-0.2, -0.15) is 5.26 Å². The van der Waals surface area contributed by atoms with Gasteiger partial charge in [-0.05, 0) is 30.2 Å². The van der Waals surface area contributed by atoms with Crippen LogP contribution in [0.1, 0.15) is 5.56 Å². The third-order valence-electron chi connectivity index (χ3n) is 4.18. The molecule has 142 valence electrons. The third kappa shape index (κ3) is 3.88. The van der Waals surface area contributed by atoms with E-state index >= 15 is 0 Å². The number of thioether (sulfide) groups is 1. The Kier molecular flexibility index (Phi) is 6.30. The minimum absolute atomic E-state index is 0.107. The molecule has 2 amide bonds. The molecule has 0 saturated carbocycles. The Bertz CT molecular complexity index is 1000. The van der Waals surface area contributed by atoms with Crippen molar-refractivity contribution < 1.29 is 9.59 Å². The minimum atomic E-state index is -0.542. The first-order chi connectivity index (χ1) is 13.5. The van der Waals surface area contributed by atoms with Gasteiger partial charge in [-0.3, -0.25) is 14.5 Å². The van der Waals surface area contributed by atoms with Gasteiger partial charge in [-0.1, -0.05) is 65.3 Å². The van der Waals surface area contributed by atoms with Crippen molar-refractivity contribution in [1.29, 1.82) is 5.26 Å². The number of carbonyl (C=O) groups excluding carboxylic acids is 2. The molecule has 0 spiro atoms. The van der Waals surface area contributed by atoms with E-state index in [1.54, 1.807) is 42.5 Å². The van der Waals surface area contributed by atoms with Crippen molar-refractivity contribution in [3.05, 3.63) is 74.7 Å². The highest BCUT2D eigenvalue weighted by Crippen LogP contribution is 2.42. The number of amides is 2. The smallest absolute Gasteiger partial charge is 0.264 e. The second kappa shape index (κ2) is 8.70. The van der Waals surface area contributed by atoms with Crippen LogP contribution in [0.25, 0.3) is 0 Å². The maximum atomic E-state index is 13.2. The SMILES string of the molecule is CNC(=O)C(C#N)=C1SC(Cc2cccc(Cl)c2Cl)C(=O)N1c1ccccc1. The van der Waals surface area contributed by atoms with E-state index in [1.807, 2.05) is 12.1 Å². The van der Waals surface area contributed by atoms with Crippen LogP contribution in [-0.4, -0.2) is 24.1 Å². The molecule has 5 nitrogen and oxygen atoms in total. The van der Waals surface area contributed by atoms with Crippen LogP contribution in [0.2, 0.25) is 10.0 Å². The molecule has 1 aliphatic heterocycles. The van der Waals surface area contributed by atoms with Gasteiger partial charge in [0.2, 0.25) is 5.91 Å². The number of nitrogens with zero attached hydrogens (tertiary/aromatic N) is 2. The average molecular weight is 432 g/mol. The van der Waals surface area contributed by atoms with Crippen molar-refractivity contribution in [2.24, 2.45) is 0 Å². The maximum Gasteiger partial charge on any atom is 0.264 e. The number of anilines is 1. The molecule has 1 heterocycles. The number of benzene rings is 2. The molecule has 2 aromatic rings. The molecule has 8 heteroatoms. The zero-order valence-electron chi connectivity index (χ0n) is 14.8. The van der Waals surface area contributed by atoms with Crippen LogP contribution in [0, 0.1) is 11.3 Å². The van der Waals surface area contributed by atoms with Crippen molar-refractivity contribution in [1.82, 2.24) is 5.32 Å². The highest BCUT2D eigenvalue weighted by molar-refractivity contribution is 8.05. The van der Waals surface area contributed by atoms with E-state index in [2.05, 4.69) is 5.32 Å². The number of rotatable bonds is 4. The summed E-state index contributed by atoms with van der Waals surface area (Å²) in [6.45, 7) is 0. The molecular formula is C20H15Cl2N3O2S. The molecule has 1 saturated heterocycles. The monoisotopic (exact) mass is 431 g/mol.